The number of hydrogen-bond acceptors (Lipinski definition) is 2. The number of carbonyl (C=O) groups excluding carboxylic acids is 1. The molecule has 19 heavy (non-hydrogen) atoms. The number of carboxylic acids is 1. The van der Waals surface area contributed by atoms with Crippen LogP contribution in [0.1, 0.15) is 39.0 Å². The first-order valence-corrected chi connectivity index (χ1v) is 7.32. The molecule has 2 fully saturated rings. The summed E-state index contributed by atoms with van der Waals surface area (Å²) in [5.41, 5.74) is 0. The Morgan fingerprint density at radius 3 is 2.58 bits per heavy atom. The van der Waals surface area contributed by atoms with Crippen LogP contribution in [0, 0.1) is 17.8 Å². The Hall–Kier alpha value is -1.26. The Morgan fingerprint density at radius 2 is 1.95 bits per heavy atom. The number of nitrogens with one attached hydrogen (secondary N) is 1. The summed E-state index contributed by atoms with van der Waals surface area (Å²) in [5.74, 6) is -0.338. The fourth-order valence-corrected chi connectivity index (χ4v) is 3.25. The van der Waals surface area contributed by atoms with E-state index in [4.69, 9.17) is 5.11 Å². The van der Waals surface area contributed by atoms with Gasteiger partial charge in [0, 0.05) is 19.6 Å². The average Bonchev–Trinajstić information content (AvgIpc) is 2.88. The number of carboxylic acid groups (broad SMARTS) is 1. The number of piperidine rings is 1. The second kappa shape index (κ2) is 6.26. The van der Waals surface area contributed by atoms with E-state index in [-0.39, 0.29) is 11.9 Å². The van der Waals surface area contributed by atoms with Crippen LogP contribution in [0.25, 0.3) is 0 Å². The summed E-state index contributed by atoms with van der Waals surface area (Å²) < 4.78 is 0. The first-order chi connectivity index (χ1) is 9.06. The summed E-state index contributed by atoms with van der Waals surface area (Å²) in [6, 6.07) is -0.0929. The lowest BCUT2D eigenvalue weighted by Crippen LogP contribution is -2.50. The van der Waals surface area contributed by atoms with Crippen LogP contribution in [0.4, 0.5) is 4.79 Å². The van der Waals surface area contributed by atoms with Crippen LogP contribution >= 0.6 is 0 Å². The van der Waals surface area contributed by atoms with Crippen molar-refractivity contribution in [3.05, 3.63) is 0 Å². The predicted molar refractivity (Wildman–Crippen MR) is 71.8 cm³/mol. The van der Waals surface area contributed by atoms with Gasteiger partial charge in [-0.15, -0.1) is 0 Å². The molecule has 2 rings (SSSR count). The quantitative estimate of drug-likeness (QED) is 0.821. The van der Waals surface area contributed by atoms with Crippen LogP contribution in [0.15, 0.2) is 0 Å². The molecule has 2 unspecified atom stereocenters. The number of aliphatic carboxylic acids is 1. The van der Waals surface area contributed by atoms with E-state index in [2.05, 4.69) is 5.32 Å². The fourth-order valence-electron chi connectivity index (χ4n) is 3.25. The van der Waals surface area contributed by atoms with Gasteiger partial charge in [0.15, 0.2) is 0 Å². The zero-order chi connectivity index (χ0) is 13.8. The number of carbonyl (C=O) groups is 2. The zero-order valence-electron chi connectivity index (χ0n) is 11.6. The van der Waals surface area contributed by atoms with E-state index in [1.165, 1.54) is 25.7 Å². The monoisotopic (exact) mass is 268 g/mol. The Balaban J connectivity index is 1.81. The van der Waals surface area contributed by atoms with Crippen LogP contribution in [0.2, 0.25) is 0 Å². The SMILES string of the molecule is CC1CC(C(=O)O)CN(C(=O)NCC2CCCC2)C1. The number of hydrogen-bond donors (Lipinski definition) is 2. The number of rotatable bonds is 3. The highest BCUT2D eigenvalue weighted by Crippen LogP contribution is 2.24. The third-order valence-electron chi connectivity index (χ3n) is 4.31. The van der Waals surface area contributed by atoms with Gasteiger partial charge in [-0.3, -0.25) is 4.79 Å². The van der Waals surface area contributed by atoms with Crippen molar-refractivity contribution < 1.29 is 14.7 Å². The number of nitrogens with zero attached hydrogens (tertiary/aromatic N) is 1. The average molecular weight is 268 g/mol. The van der Waals surface area contributed by atoms with Crippen molar-refractivity contribution >= 4 is 12.0 Å². The van der Waals surface area contributed by atoms with Gasteiger partial charge >= 0.3 is 12.0 Å². The normalized spacial score (nSPS) is 28.4. The van der Waals surface area contributed by atoms with Gasteiger partial charge in [-0.05, 0) is 31.1 Å². The molecule has 0 aromatic heterocycles. The van der Waals surface area contributed by atoms with Crippen LogP contribution in [0.3, 0.4) is 0 Å². The zero-order valence-corrected chi connectivity index (χ0v) is 11.6. The van der Waals surface area contributed by atoms with Crippen molar-refractivity contribution in [2.24, 2.45) is 17.8 Å². The number of urea groups is 1. The molecule has 1 aliphatic carbocycles. The first-order valence-electron chi connectivity index (χ1n) is 7.32. The highest BCUT2D eigenvalue weighted by molar-refractivity contribution is 5.76. The molecule has 5 nitrogen and oxygen atoms in total. The van der Waals surface area contributed by atoms with E-state index in [9.17, 15) is 9.59 Å². The molecule has 0 aromatic rings. The van der Waals surface area contributed by atoms with Crippen molar-refractivity contribution in [3.63, 3.8) is 0 Å². The van der Waals surface area contributed by atoms with Gasteiger partial charge in [-0.1, -0.05) is 19.8 Å². The summed E-state index contributed by atoms with van der Waals surface area (Å²) in [6.07, 6.45) is 5.61. The van der Waals surface area contributed by atoms with E-state index in [1.807, 2.05) is 6.92 Å². The maximum absolute atomic E-state index is 12.1. The predicted octanol–water partition coefficient (Wildman–Crippen LogP) is 1.93. The van der Waals surface area contributed by atoms with Gasteiger partial charge < -0.3 is 15.3 Å². The molecule has 108 valence electrons. The van der Waals surface area contributed by atoms with Crippen molar-refractivity contribution in [3.8, 4) is 0 Å². The van der Waals surface area contributed by atoms with Crippen molar-refractivity contribution in [1.82, 2.24) is 10.2 Å². The fraction of sp³-hybridized carbons (Fsp3) is 0.857. The lowest BCUT2D eigenvalue weighted by Gasteiger charge is -2.34. The standard InChI is InChI=1S/C14H24N2O3/c1-10-6-12(13(17)18)9-16(8-10)14(19)15-7-11-4-2-3-5-11/h10-12H,2-9H2,1H3,(H,15,19)(H,17,18). The molecular formula is C14H24N2O3. The van der Waals surface area contributed by atoms with Crippen molar-refractivity contribution in [1.29, 1.82) is 0 Å². The molecular weight excluding hydrogens is 244 g/mol. The topological polar surface area (TPSA) is 69.6 Å². The molecule has 1 aliphatic heterocycles. The molecule has 0 radical (unpaired) electrons. The van der Waals surface area contributed by atoms with Gasteiger partial charge in [0.1, 0.15) is 0 Å². The first kappa shape index (κ1) is 14.2. The van der Waals surface area contributed by atoms with Crippen molar-refractivity contribution in [2.75, 3.05) is 19.6 Å². The molecule has 0 bridgehead atoms. The molecule has 2 atom stereocenters. The summed E-state index contributed by atoms with van der Waals surface area (Å²) in [4.78, 5) is 24.8. The second-order valence-corrected chi connectivity index (χ2v) is 6.12. The Kier molecular flexibility index (Phi) is 4.66. The molecule has 1 heterocycles. The van der Waals surface area contributed by atoms with Crippen LogP contribution in [-0.4, -0.2) is 41.6 Å². The minimum absolute atomic E-state index is 0.0929. The smallest absolute Gasteiger partial charge is 0.317 e. The molecule has 1 saturated carbocycles. The Bertz CT molecular complexity index is 340. The highest BCUT2D eigenvalue weighted by atomic mass is 16.4. The Morgan fingerprint density at radius 1 is 1.26 bits per heavy atom. The van der Waals surface area contributed by atoms with E-state index in [0.29, 0.717) is 25.4 Å². The summed E-state index contributed by atoms with van der Waals surface area (Å²) in [6.45, 7) is 3.75. The molecule has 5 heteroatoms. The molecule has 2 amide bonds. The molecule has 2 aliphatic rings. The largest absolute Gasteiger partial charge is 0.481 e. The second-order valence-electron chi connectivity index (χ2n) is 6.12. The highest BCUT2D eigenvalue weighted by Gasteiger charge is 2.32. The summed E-state index contributed by atoms with van der Waals surface area (Å²) in [5, 5.41) is 12.1. The number of amides is 2. The maximum atomic E-state index is 12.1. The lowest BCUT2D eigenvalue weighted by atomic mass is 9.91. The van der Waals surface area contributed by atoms with Gasteiger partial charge in [-0.25, -0.2) is 4.79 Å². The molecule has 1 saturated heterocycles. The van der Waals surface area contributed by atoms with Crippen LogP contribution in [-0.2, 0) is 4.79 Å². The van der Waals surface area contributed by atoms with E-state index in [1.54, 1.807) is 4.90 Å². The minimum atomic E-state index is -0.792. The van der Waals surface area contributed by atoms with Gasteiger partial charge in [0.05, 0.1) is 5.92 Å². The third kappa shape index (κ3) is 3.85. The van der Waals surface area contributed by atoms with Gasteiger partial charge in [0.25, 0.3) is 0 Å². The lowest BCUT2D eigenvalue weighted by molar-refractivity contribution is -0.143. The van der Waals surface area contributed by atoms with E-state index >= 15 is 0 Å². The third-order valence-corrected chi connectivity index (χ3v) is 4.31. The summed E-state index contributed by atoms with van der Waals surface area (Å²) >= 11 is 0. The minimum Gasteiger partial charge on any atom is -0.481 e. The van der Waals surface area contributed by atoms with Crippen LogP contribution in [0.5, 0.6) is 0 Å². The van der Waals surface area contributed by atoms with Gasteiger partial charge in [0.2, 0.25) is 0 Å². The van der Waals surface area contributed by atoms with E-state index in [0.717, 1.165) is 6.54 Å². The maximum Gasteiger partial charge on any atom is 0.317 e. The number of likely N-dealkylation sites (tertiary alicyclic amines) is 1. The summed E-state index contributed by atoms with van der Waals surface area (Å²) in [7, 11) is 0. The van der Waals surface area contributed by atoms with Crippen LogP contribution < -0.4 is 5.32 Å². The van der Waals surface area contributed by atoms with Gasteiger partial charge in [-0.2, -0.15) is 0 Å². The van der Waals surface area contributed by atoms with Crippen molar-refractivity contribution in [2.45, 2.75) is 39.0 Å². The van der Waals surface area contributed by atoms with E-state index < -0.39 is 11.9 Å². The Labute approximate surface area is 114 Å². The molecule has 2 N–H and O–H groups in total. The molecule has 0 spiro atoms. The molecule has 0 aromatic carbocycles.